The van der Waals surface area contributed by atoms with Gasteiger partial charge in [0.15, 0.2) is 0 Å². The van der Waals surface area contributed by atoms with E-state index >= 15 is 0 Å². The van der Waals surface area contributed by atoms with E-state index in [1.54, 1.807) is 13.0 Å². The third kappa shape index (κ3) is 4.22. The number of nitrogens with one attached hydrogen (secondary N) is 2. The Hall–Kier alpha value is -2.11. The quantitative estimate of drug-likeness (QED) is 0.772. The topological polar surface area (TPSA) is 84.2 Å². The van der Waals surface area contributed by atoms with Gasteiger partial charge in [-0.05, 0) is 30.5 Å². The van der Waals surface area contributed by atoms with Crippen molar-refractivity contribution in [1.29, 1.82) is 0 Å². The van der Waals surface area contributed by atoms with E-state index in [4.69, 9.17) is 5.73 Å². The van der Waals surface area contributed by atoms with Crippen molar-refractivity contribution < 1.29 is 14.0 Å². The molecule has 0 aliphatic heterocycles. The largest absolute Gasteiger partial charge is 0.352 e. The number of benzene rings is 1. The zero-order valence-corrected chi connectivity index (χ0v) is 11.9. The highest BCUT2D eigenvalue weighted by atomic mass is 19.1. The van der Waals surface area contributed by atoms with Crippen molar-refractivity contribution in [2.75, 3.05) is 5.32 Å². The van der Waals surface area contributed by atoms with Crippen LogP contribution in [0.3, 0.4) is 0 Å². The average molecular weight is 281 g/mol. The number of carbonyl (C=O) groups is 2. The number of amides is 3. The van der Waals surface area contributed by atoms with Crippen LogP contribution < -0.4 is 16.4 Å². The van der Waals surface area contributed by atoms with Gasteiger partial charge in [-0.25, -0.2) is 9.18 Å². The standard InChI is InChI=1S/C14H20FN3O2/c1-4-8(2)12(18-14(16)20)13(19)17-11-7-10(15)6-5-9(11)3/h5-8,12H,4H2,1-3H3,(H,17,19)(H3,16,18,20). The Morgan fingerprint density at radius 3 is 2.60 bits per heavy atom. The van der Waals surface area contributed by atoms with Crippen LogP contribution in [0.25, 0.3) is 0 Å². The normalized spacial score (nSPS) is 13.4. The van der Waals surface area contributed by atoms with Crippen molar-refractivity contribution in [3.05, 3.63) is 29.6 Å². The minimum Gasteiger partial charge on any atom is -0.352 e. The van der Waals surface area contributed by atoms with Crippen LogP contribution in [0, 0.1) is 18.7 Å². The number of halogens is 1. The van der Waals surface area contributed by atoms with Crippen molar-refractivity contribution in [2.24, 2.45) is 11.7 Å². The molecule has 0 fully saturated rings. The van der Waals surface area contributed by atoms with Crippen molar-refractivity contribution >= 4 is 17.6 Å². The maximum Gasteiger partial charge on any atom is 0.312 e. The lowest BCUT2D eigenvalue weighted by atomic mass is 9.98. The summed E-state index contributed by atoms with van der Waals surface area (Å²) in [5.41, 5.74) is 6.20. The first-order valence-electron chi connectivity index (χ1n) is 6.48. The number of anilines is 1. The molecule has 0 heterocycles. The predicted molar refractivity (Wildman–Crippen MR) is 75.7 cm³/mol. The van der Waals surface area contributed by atoms with Gasteiger partial charge in [0.05, 0.1) is 0 Å². The van der Waals surface area contributed by atoms with Gasteiger partial charge in [-0.15, -0.1) is 0 Å². The van der Waals surface area contributed by atoms with E-state index in [0.717, 1.165) is 5.56 Å². The molecule has 4 N–H and O–H groups in total. The minimum absolute atomic E-state index is 0.0867. The second-order valence-corrected chi connectivity index (χ2v) is 4.82. The fraction of sp³-hybridized carbons (Fsp3) is 0.429. The minimum atomic E-state index is -0.763. The SMILES string of the molecule is CCC(C)C(NC(N)=O)C(=O)Nc1cc(F)ccc1C. The summed E-state index contributed by atoms with van der Waals surface area (Å²) in [4.78, 5) is 23.2. The van der Waals surface area contributed by atoms with Gasteiger partial charge in [-0.2, -0.15) is 0 Å². The molecule has 0 saturated carbocycles. The van der Waals surface area contributed by atoms with Gasteiger partial charge in [0.1, 0.15) is 11.9 Å². The molecule has 2 unspecified atom stereocenters. The van der Waals surface area contributed by atoms with Crippen LogP contribution in [0.5, 0.6) is 0 Å². The number of primary amides is 1. The van der Waals surface area contributed by atoms with Crippen molar-refractivity contribution in [3.63, 3.8) is 0 Å². The molecule has 6 heteroatoms. The molecule has 0 saturated heterocycles. The molecule has 110 valence electrons. The van der Waals surface area contributed by atoms with E-state index in [1.807, 2.05) is 13.8 Å². The first-order valence-corrected chi connectivity index (χ1v) is 6.48. The van der Waals surface area contributed by atoms with Crippen molar-refractivity contribution in [2.45, 2.75) is 33.2 Å². The Bertz CT molecular complexity index is 505. The Morgan fingerprint density at radius 2 is 2.05 bits per heavy atom. The molecular weight excluding hydrogens is 261 g/mol. The Balaban J connectivity index is 2.90. The second kappa shape index (κ2) is 6.88. The van der Waals surface area contributed by atoms with Crippen LogP contribution in [0.2, 0.25) is 0 Å². The third-order valence-electron chi connectivity index (χ3n) is 3.25. The lowest BCUT2D eigenvalue weighted by molar-refractivity contribution is -0.119. The lowest BCUT2D eigenvalue weighted by Crippen LogP contribution is -2.49. The summed E-state index contributed by atoms with van der Waals surface area (Å²) in [6.45, 7) is 5.49. The molecule has 0 spiro atoms. The molecular formula is C14H20FN3O2. The summed E-state index contributed by atoms with van der Waals surface area (Å²) in [6, 6.07) is 2.62. The number of aryl methyl sites for hydroxylation is 1. The molecule has 1 rings (SSSR count). The van der Waals surface area contributed by atoms with Crippen LogP contribution >= 0.6 is 0 Å². The Morgan fingerprint density at radius 1 is 1.40 bits per heavy atom. The van der Waals surface area contributed by atoms with Gasteiger partial charge < -0.3 is 16.4 Å². The van der Waals surface area contributed by atoms with E-state index in [-0.39, 0.29) is 5.92 Å². The van der Waals surface area contributed by atoms with Gasteiger partial charge in [-0.3, -0.25) is 4.79 Å². The molecule has 3 amide bonds. The summed E-state index contributed by atoms with van der Waals surface area (Å²) >= 11 is 0. The van der Waals surface area contributed by atoms with Gasteiger partial charge >= 0.3 is 6.03 Å². The number of carbonyl (C=O) groups excluding carboxylic acids is 2. The first-order chi connectivity index (χ1) is 9.35. The Kier molecular flexibility index (Phi) is 5.49. The summed E-state index contributed by atoms with van der Waals surface area (Å²) < 4.78 is 13.2. The van der Waals surface area contributed by atoms with Crippen LogP contribution in [-0.2, 0) is 4.79 Å². The van der Waals surface area contributed by atoms with E-state index in [9.17, 15) is 14.0 Å². The third-order valence-corrected chi connectivity index (χ3v) is 3.25. The average Bonchev–Trinajstić information content (AvgIpc) is 2.39. The molecule has 0 aromatic heterocycles. The molecule has 2 atom stereocenters. The van der Waals surface area contributed by atoms with Crippen LogP contribution in [-0.4, -0.2) is 18.0 Å². The highest BCUT2D eigenvalue weighted by Gasteiger charge is 2.25. The molecule has 5 nitrogen and oxygen atoms in total. The first kappa shape index (κ1) is 15.9. The van der Waals surface area contributed by atoms with Crippen LogP contribution in [0.15, 0.2) is 18.2 Å². The van der Waals surface area contributed by atoms with E-state index in [2.05, 4.69) is 10.6 Å². The molecule has 0 bridgehead atoms. The molecule has 0 radical (unpaired) electrons. The highest BCUT2D eigenvalue weighted by molar-refractivity contribution is 5.97. The van der Waals surface area contributed by atoms with Gasteiger partial charge in [0, 0.05) is 5.69 Å². The summed E-state index contributed by atoms with van der Waals surface area (Å²) in [6.07, 6.45) is 0.695. The second-order valence-electron chi connectivity index (χ2n) is 4.82. The molecule has 20 heavy (non-hydrogen) atoms. The number of hydrogen-bond acceptors (Lipinski definition) is 2. The fourth-order valence-electron chi connectivity index (χ4n) is 1.79. The van der Waals surface area contributed by atoms with Crippen molar-refractivity contribution in [1.82, 2.24) is 5.32 Å². The number of nitrogens with two attached hydrogens (primary N) is 1. The fourth-order valence-corrected chi connectivity index (χ4v) is 1.79. The van der Waals surface area contributed by atoms with Crippen LogP contribution in [0.1, 0.15) is 25.8 Å². The molecule has 0 aliphatic rings. The highest BCUT2D eigenvalue weighted by Crippen LogP contribution is 2.17. The van der Waals surface area contributed by atoms with Crippen LogP contribution in [0.4, 0.5) is 14.9 Å². The smallest absolute Gasteiger partial charge is 0.312 e. The molecule has 0 aliphatic carbocycles. The maximum atomic E-state index is 13.2. The monoisotopic (exact) mass is 281 g/mol. The lowest BCUT2D eigenvalue weighted by Gasteiger charge is -2.23. The van der Waals surface area contributed by atoms with Gasteiger partial charge in [0.25, 0.3) is 0 Å². The number of rotatable bonds is 5. The summed E-state index contributed by atoms with van der Waals surface area (Å²) in [5.74, 6) is -0.933. The summed E-state index contributed by atoms with van der Waals surface area (Å²) in [7, 11) is 0. The van der Waals surface area contributed by atoms with Crippen molar-refractivity contribution in [3.8, 4) is 0 Å². The molecule has 1 aromatic rings. The van der Waals surface area contributed by atoms with E-state index < -0.39 is 23.8 Å². The van der Waals surface area contributed by atoms with E-state index in [0.29, 0.717) is 12.1 Å². The van der Waals surface area contributed by atoms with Gasteiger partial charge in [-0.1, -0.05) is 26.3 Å². The van der Waals surface area contributed by atoms with E-state index in [1.165, 1.54) is 12.1 Å². The number of hydrogen-bond donors (Lipinski definition) is 3. The predicted octanol–water partition coefficient (Wildman–Crippen LogP) is 2.16. The van der Waals surface area contributed by atoms with Gasteiger partial charge in [0.2, 0.25) is 5.91 Å². The molecule has 1 aromatic carbocycles. The maximum absolute atomic E-state index is 13.2. The zero-order valence-electron chi connectivity index (χ0n) is 11.9. The zero-order chi connectivity index (χ0) is 15.3. The summed E-state index contributed by atoms with van der Waals surface area (Å²) in [5, 5.41) is 5.04. The number of urea groups is 1. The Labute approximate surface area is 117 Å².